The maximum absolute atomic E-state index is 2.58. The summed E-state index contributed by atoms with van der Waals surface area (Å²) in [4.78, 5) is 0. The lowest BCUT2D eigenvalue weighted by molar-refractivity contribution is 0.377. The first kappa shape index (κ1) is 23.4. The molecule has 0 heteroatoms. The average molecular weight is 407 g/mol. The Bertz CT molecular complexity index is 692. The highest BCUT2D eigenvalue weighted by molar-refractivity contribution is 5.38. The van der Waals surface area contributed by atoms with Crippen LogP contribution < -0.4 is 0 Å². The van der Waals surface area contributed by atoms with E-state index in [1.165, 1.54) is 76.2 Å². The Morgan fingerprint density at radius 3 is 2.60 bits per heavy atom. The summed E-state index contributed by atoms with van der Waals surface area (Å²) in [5.74, 6) is 2.57. The van der Waals surface area contributed by atoms with Crippen LogP contribution in [0.4, 0.5) is 0 Å². The molecule has 166 valence electrons. The van der Waals surface area contributed by atoms with Crippen LogP contribution in [0, 0.1) is 17.8 Å². The Morgan fingerprint density at radius 2 is 1.90 bits per heavy atom. The molecule has 0 aromatic carbocycles. The molecule has 0 saturated heterocycles. The van der Waals surface area contributed by atoms with Crippen LogP contribution in [0.5, 0.6) is 0 Å². The van der Waals surface area contributed by atoms with Gasteiger partial charge in [0, 0.05) is 0 Å². The van der Waals surface area contributed by atoms with Crippen LogP contribution in [0.1, 0.15) is 111 Å². The first-order valence-electron chi connectivity index (χ1n) is 13.0. The molecule has 2 bridgehead atoms. The zero-order chi connectivity index (χ0) is 21.3. The summed E-state index contributed by atoms with van der Waals surface area (Å²) in [5.41, 5.74) is 8.55. The zero-order valence-corrected chi connectivity index (χ0v) is 20.3. The van der Waals surface area contributed by atoms with E-state index in [0.717, 1.165) is 30.6 Å². The molecular formula is C30H46. The van der Waals surface area contributed by atoms with Crippen molar-refractivity contribution in [2.24, 2.45) is 17.8 Å². The van der Waals surface area contributed by atoms with Crippen molar-refractivity contribution in [2.45, 2.75) is 111 Å². The second-order valence-electron chi connectivity index (χ2n) is 10.3. The van der Waals surface area contributed by atoms with E-state index in [1.807, 2.05) is 11.1 Å². The molecule has 2 saturated carbocycles. The van der Waals surface area contributed by atoms with E-state index in [2.05, 4.69) is 58.1 Å². The van der Waals surface area contributed by atoms with Crippen LogP contribution in [0.25, 0.3) is 0 Å². The maximum Gasteiger partial charge on any atom is -0.00990 e. The Labute approximate surface area is 187 Å². The fourth-order valence-corrected chi connectivity index (χ4v) is 6.29. The van der Waals surface area contributed by atoms with Crippen LogP contribution in [0.2, 0.25) is 0 Å². The van der Waals surface area contributed by atoms with E-state index < -0.39 is 0 Å². The third kappa shape index (κ3) is 6.35. The first-order chi connectivity index (χ1) is 14.6. The fraction of sp³-hybridized carbons (Fsp3) is 0.667. The monoisotopic (exact) mass is 406 g/mol. The third-order valence-corrected chi connectivity index (χ3v) is 7.90. The van der Waals surface area contributed by atoms with E-state index >= 15 is 0 Å². The third-order valence-electron chi connectivity index (χ3n) is 7.90. The van der Waals surface area contributed by atoms with Gasteiger partial charge in [0.1, 0.15) is 0 Å². The summed E-state index contributed by atoms with van der Waals surface area (Å²) in [6, 6.07) is 0. The standard InChI is InChI=1S/C30H46/c1-5-12-23(3)27-17-9-7-8-16-26-21-29(22-26)30(28(13-6-2)19-18-27)24(4)20-25-14-10-11-15-25/h5,7,9,12,16,24-25,28H,6,8,10-11,13-15,17-22H2,1-4H3. The van der Waals surface area contributed by atoms with Crippen molar-refractivity contribution in [1.29, 1.82) is 0 Å². The van der Waals surface area contributed by atoms with Gasteiger partial charge in [0.15, 0.2) is 0 Å². The van der Waals surface area contributed by atoms with Gasteiger partial charge in [-0.25, -0.2) is 0 Å². The van der Waals surface area contributed by atoms with Gasteiger partial charge in [0.25, 0.3) is 0 Å². The van der Waals surface area contributed by atoms with E-state index in [0.29, 0.717) is 0 Å². The lowest BCUT2D eigenvalue weighted by atomic mass is 9.70. The normalized spacial score (nSPS) is 26.7. The molecule has 0 spiro atoms. The molecule has 2 fully saturated rings. The van der Waals surface area contributed by atoms with E-state index in [-0.39, 0.29) is 0 Å². The molecule has 0 heterocycles. The highest BCUT2D eigenvalue weighted by Crippen LogP contribution is 2.45. The zero-order valence-electron chi connectivity index (χ0n) is 20.3. The molecule has 30 heavy (non-hydrogen) atoms. The summed E-state index contributed by atoms with van der Waals surface area (Å²) in [7, 11) is 0. The SMILES string of the molecule is CC=CC(C)=C1CC=CCC=C2CC(=C(C(C)CC3CCCC3)C(CCC)CC1)C2. The quantitative estimate of drug-likeness (QED) is 0.385. The molecule has 2 unspecified atom stereocenters. The molecule has 0 N–H and O–H groups in total. The van der Waals surface area contributed by atoms with Crippen LogP contribution in [-0.4, -0.2) is 0 Å². The first-order valence-corrected chi connectivity index (χ1v) is 13.0. The topological polar surface area (TPSA) is 0 Å². The van der Waals surface area contributed by atoms with Gasteiger partial charge in [-0.3, -0.25) is 0 Å². The van der Waals surface area contributed by atoms with Gasteiger partial charge < -0.3 is 0 Å². The van der Waals surface area contributed by atoms with Gasteiger partial charge >= 0.3 is 0 Å². The van der Waals surface area contributed by atoms with E-state index in [1.54, 1.807) is 11.1 Å². The van der Waals surface area contributed by atoms with Gasteiger partial charge in [-0.05, 0) is 83.0 Å². The molecule has 2 atom stereocenters. The average Bonchev–Trinajstić information content (AvgIpc) is 3.20. The highest BCUT2D eigenvalue weighted by Gasteiger charge is 2.30. The molecule has 4 aliphatic rings. The van der Waals surface area contributed by atoms with Gasteiger partial charge in [0.2, 0.25) is 0 Å². The maximum atomic E-state index is 2.58. The molecule has 4 aliphatic carbocycles. The Morgan fingerprint density at radius 1 is 1.13 bits per heavy atom. The van der Waals surface area contributed by atoms with Crippen LogP contribution in [-0.2, 0) is 0 Å². The predicted octanol–water partition coefficient (Wildman–Crippen LogP) is 9.66. The summed E-state index contributed by atoms with van der Waals surface area (Å²) in [6.07, 6.45) is 29.3. The van der Waals surface area contributed by atoms with Crippen LogP contribution >= 0.6 is 0 Å². The second kappa shape index (κ2) is 11.9. The van der Waals surface area contributed by atoms with Crippen LogP contribution in [0.15, 0.2) is 58.2 Å². The van der Waals surface area contributed by atoms with Crippen molar-refractivity contribution in [3.63, 3.8) is 0 Å². The van der Waals surface area contributed by atoms with Gasteiger partial charge in [-0.2, -0.15) is 0 Å². The van der Waals surface area contributed by atoms with Gasteiger partial charge in [0.05, 0.1) is 0 Å². The van der Waals surface area contributed by atoms with Crippen molar-refractivity contribution in [2.75, 3.05) is 0 Å². The molecule has 0 aromatic rings. The summed E-state index contributed by atoms with van der Waals surface area (Å²) in [6.45, 7) is 9.43. The molecule has 0 nitrogen and oxygen atoms in total. The summed E-state index contributed by atoms with van der Waals surface area (Å²) >= 11 is 0. The molecule has 0 aliphatic heterocycles. The number of rotatable bonds is 6. The van der Waals surface area contributed by atoms with Gasteiger partial charge in [-0.1, -0.05) is 104 Å². The molecule has 0 radical (unpaired) electrons. The lowest BCUT2D eigenvalue weighted by Crippen LogP contribution is -2.20. The fourth-order valence-electron chi connectivity index (χ4n) is 6.29. The molecule has 0 amide bonds. The predicted molar refractivity (Wildman–Crippen MR) is 134 cm³/mol. The van der Waals surface area contributed by atoms with Crippen molar-refractivity contribution in [3.8, 4) is 0 Å². The van der Waals surface area contributed by atoms with Crippen molar-refractivity contribution >= 4 is 0 Å². The number of fused-ring (bicyclic) bond motifs is 8. The largest absolute Gasteiger partial charge is 0.0874 e. The lowest BCUT2D eigenvalue weighted by Gasteiger charge is -2.35. The highest BCUT2D eigenvalue weighted by atomic mass is 14.3. The van der Waals surface area contributed by atoms with E-state index in [9.17, 15) is 0 Å². The summed E-state index contributed by atoms with van der Waals surface area (Å²) < 4.78 is 0. The Balaban J connectivity index is 1.87. The Kier molecular flexibility index (Phi) is 9.28. The van der Waals surface area contributed by atoms with Crippen molar-refractivity contribution in [1.82, 2.24) is 0 Å². The number of hydrogen-bond donors (Lipinski definition) is 0. The number of hydrogen-bond acceptors (Lipinski definition) is 0. The minimum absolute atomic E-state index is 0.786. The minimum atomic E-state index is 0.786. The molecular weight excluding hydrogens is 360 g/mol. The minimum Gasteiger partial charge on any atom is -0.0874 e. The molecule has 0 aromatic heterocycles. The second-order valence-corrected chi connectivity index (χ2v) is 10.3. The van der Waals surface area contributed by atoms with Crippen LogP contribution in [0.3, 0.4) is 0 Å². The van der Waals surface area contributed by atoms with Crippen molar-refractivity contribution in [3.05, 3.63) is 58.2 Å². The summed E-state index contributed by atoms with van der Waals surface area (Å²) in [5, 5.41) is 0. The smallest absolute Gasteiger partial charge is 0.00990 e. The van der Waals surface area contributed by atoms with Crippen molar-refractivity contribution < 1.29 is 0 Å². The van der Waals surface area contributed by atoms with E-state index in [4.69, 9.17) is 0 Å². The Hall–Kier alpha value is -1.30. The van der Waals surface area contributed by atoms with Gasteiger partial charge in [-0.15, -0.1) is 0 Å². The number of allylic oxidation sites excluding steroid dienone is 10. The molecule has 4 rings (SSSR count).